The van der Waals surface area contributed by atoms with Crippen LogP contribution in [0.15, 0.2) is 68.1 Å². The number of sulfonamides is 4. The SMILES string of the molecule is CC[C@H](C)CN(CCCN(CCCN(CCCN(CC)S(=O)(=O)c1c(C)cc(C)cc1C)S(=O)(=O)c1c(C)cc(C)cc1C)S(=O)(=O)c1c(C)cc(C)cc1C)S(=O)(=O)c1c(C)cc(C)cc1C. The van der Waals surface area contributed by atoms with Crippen molar-refractivity contribution in [1.82, 2.24) is 17.2 Å². The second-order valence-electron chi connectivity index (χ2n) is 19.2. The van der Waals surface area contributed by atoms with E-state index < -0.39 is 40.1 Å². The van der Waals surface area contributed by atoms with Crippen LogP contribution in [-0.2, 0) is 40.1 Å². The predicted molar refractivity (Wildman–Crippen MR) is 277 cm³/mol. The molecule has 0 aliphatic rings. The van der Waals surface area contributed by atoms with Gasteiger partial charge in [-0.1, -0.05) is 98.0 Å². The fourth-order valence-electron chi connectivity index (χ4n) is 10.0. The van der Waals surface area contributed by atoms with Gasteiger partial charge in [-0.15, -0.1) is 0 Å². The zero-order valence-electron chi connectivity index (χ0n) is 43.4. The number of hydrogen-bond donors (Lipinski definition) is 0. The van der Waals surface area contributed by atoms with Crippen LogP contribution < -0.4 is 0 Å². The van der Waals surface area contributed by atoms with Crippen LogP contribution in [0.1, 0.15) is 113 Å². The Bertz CT molecular complexity index is 2820. The van der Waals surface area contributed by atoms with E-state index in [0.29, 0.717) is 44.5 Å². The molecular formula is C52H78N4O8S4. The van der Waals surface area contributed by atoms with Crippen molar-refractivity contribution in [1.29, 1.82) is 0 Å². The lowest BCUT2D eigenvalue weighted by Crippen LogP contribution is -2.41. The molecule has 1 atom stereocenters. The molecule has 0 heterocycles. The Morgan fingerprint density at radius 1 is 0.353 bits per heavy atom. The number of benzene rings is 4. The van der Waals surface area contributed by atoms with Crippen LogP contribution in [0.2, 0.25) is 0 Å². The summed E-state index contributed by atoms with van der Waals surface area (Å²) in [5.41, 5.74) is 8.68. The summed E-state index contributed by atoms with van der Waals surface area (Å²) in [6, 6.07) is 14.7. The highest BCUT2D eigenvalue weighted by Gasteiger charge is 2.34. The van der Waals surface area contributed by atoms with Crippen molar-refractivity contribution in [3.05, 3.63) is 115 Å². The van der Waals surface area contributed by atoms with E-state index in [1.807, 2.05) is 90.1 Å². The summed E-state index contributed by atoms with van der Waals surface area (Å²) < 4.78 is 122. The molecule has 0 saturated heterocycles. The fourth-order valence-corrected chi connectivity index (χ4v) is 17.8. The van der Waals surface area contributed by atoms with Gasteiger partial charge in [0.2, 0.25) is 40.1 Å². The van der Waals surface area contributed by atoms with Crippen molar-refractivity contribution < 1.29 is 33.7 Å². The van der Waals surface area contributed by atoms with Gasteiger partial charge in [-0.25, -0.2) is 33.7 Å². The van der Waals surface area contributed by atoms with E-state index in [1.54, 1.807) is 62.3 Å². The minimum atomic E-state index is -4.17. The van der Waals surface area contributed by atoms with Gasteiger partial charge in [0.15, 0.2) is 0 Å². The van der Waals surface area contributed by atoms with Crippen LogP contribution in [-0.4, -0.2) is 103 Å². The molecule has 378 valence electrons. The molecule has 0 amide bonds. The van der Waals surface area contributed by atoms with Gasteiger partial charge in [-0.3, -0.25) is 0 Å². The quantitative estimate of drug-likeness (QED) is 0.0674. The highest BCUT2D eigenvalue weighted by atomic mass is 32.2. The van der Waals surface area contributed by atoms with E-state index in [9.17, 15) is 33.7 Å². The van der Waals surface area contributed by atoms with E-state index in [2.05, 4.69) is 0 Å². The Morgan fingerprint density at radius 3 is 0.794 bits per heavy atom. The first-order valence-electron chi connectivity index (χ1n) is 23.8. The number of nitrogens with zero attached hydrogens (tertiary/aromatic N) is 4. The first kappa shape index (κ1) is 57.1. The number of hydrogen-bond acceptors (Lipinski definition) is 8. The first-order chi connectivity index (χ1) is 31.5. The second kappa shape index (κ2) is 23.2. The van der Waals surface area contributed by atoms with Gasteiger partial charge in [0.05, 0.1) is 19.6 Å². The van der Waals surface area contributed by atoms with Crippen LogP contribution >= 0.6 is 0 Å². The smallest absolute Gasteiger partial charge is 0.207 e. The standard InChI is InChI=1S/C52H78N4O8S4/c1-16-36(3)35-56(68(63,64)52-47(14)33-40(7)34-48(52)15)26-20-25-55(67(61,62)51-45(12)31-39(6)32-46(51)13)24-19-23-54(66(59,60)50-43(10)29-38(5)30-44(50)11)22-18-21-53(17-2)65(57,58)49-41(8)27-37(4)28-42(49)9/h27-34,36H,16-26,35H2,1-15H3/t36-/m0/s1. The van der Waals surface area contributed by atoms with Crippen molar-refractivity contribution in [3.8, 4) is 0 Å². The third kappa shape index (κ3) is 13.1. The molecule has 0 bridgehead atoms. The Balaban J connectivity index is 1.72. The summed E-state index contributed by atoms with van der Waals surface area (Å²) in [6.45, 7) is 28.1. The molecule has 0 aromatic heterocycles. The van der Waals surface area contributed by atoms with E-state index in [1.165, 1.54) is 17.2 Å². The van der Waals surface area contributed by atoms with Crippen LogP contribution in [0.25, 0.3) is 0 Å². The van der Waals surface area contributed by atoms with Gasteiger partial charge >= 0.3 is 0 Å². The maximum absolute atomic E-state index is 14.9. The summed E-state index contributed by atoms with van der Waals surface area (Å²) in [5, 5.41) is 0. The minimum Gasteiger partial charge on any atom is -0.207 e. The average molecular weight is 1020 g/mol. The predicted octanol–water partition coefficient (Wildman–Crippen LogP) is 9.69. The molecule has 0 radical (unpaired) electrons. The van der Waals surface area contributed by atoms with Crippen molar-refractivity contribution >= 4 is 40.1 Å². The maximum Gasteiger partial charge on any atom is 0.243 e. The molecule has 0 fully saturated rings. The molecule has 16 heteroatoms. The molecule has 0 aliphatic carbocycles. The van der Waals surface area contributed by atoms with Gasteiger partial charge in [0.1, 0.15) is 0 Å². The van der Waals surface area contributed by atoms with E-state index >= 15 is 0 Å². The molecule has 12 nitrogen and oxygen atoms in total. The largest absolute Gasteiger partial charge is 0.243 e. The Hall–Kier alpha value is -3.48. The van der Waals surface area contributed by atoms with Gasteiger partial charge < -0.3 is 0 Å². The molecular weight excluding hydrogens is 937 g/mol. The zero-order valence-corrected chi connectivity index (χ0v) is 46.6. The lowest BCUT2D eigenvalue weighted by molar-refractivity contribution is 0.315. The highest BCUT2D eigenvalue weighted by molar-refractivity contribution is 7.90. The maximum atomic E-state index is 14.9. The summed E-state index contributed by atoms with van der Waals surface area (Å²) in [5.74, 6) is 0.0441. The second-order valence-corrected chi connectivity index (χ2v) is 26.7. The van der Waals surface area contributed by atoms with Crippen molar-refractivity contribution in [2.75, 3.05) is 52.4 Å². The molecule has 4 rings (SSSR count). The van der Waals surface area contributed by atoms with Crippen LogP contribution in [0.3, 0.4) is 0 Å². The molecule has 4 aromatic rings. The first-order valence-corrected chi connectivity index (χ1v) is 29.6. The third-order valence-corrected chi connectivity index (χ3v) is 21.7. The zero-order chi connectivity index (χ0) is 51.3. The molecule has 68 heavy (non-hydrogen) atoms. The van der Waals surface area contributed by atoms with E-state index in [-0.39, 0.29) is 97.1 Å². The summed E-state index contributed by atoms with van der Waals surface area (Å²) in [4.78, 5) is 0.864. The normalized spacial score (nSPS) is 13.4. The summed E-state index contributed by atoms with van der Waals surface area (Å²) in [7, 11) is -16.2. The molecule has 0 unspecified atom stereocenters. The lowest BCUT2D eigenvalue weighted by Gasteiger charge is -2.30. The molecule has 4 aromatic carbocycles. The van der Waals surface area contributed by atoms with Gasteiger partial charge in [0, 0.05) is 52.4 Å². The molecule has 0 N–H and O–H groups in total. The number of aryl methyl sites for hydroxylation is 12. The molecule has 0 saturated carbocycles. The summed E-state index contributed by atoms with van der Waals surface area (Å²) >= 11 is 0. The average Bonchev–Trinajstić information content (AvgIpc) is 3.18. The Labute approximate surface area is 411 Å². The fraction of sp³-hybridized carbons (Fsp3) is 0.538. The minimum absolute atomic E-state index is 0.0163. The van der Waals surface area contributed by atoms with E-state index in [4.69, 9.17) is 0 Å². The van der Waals surface area contributed by atoms with Crippen LogP contribution in [0.5, 0.6) is 0 Å². The molecule has 0 spiro atoms. The van der Waals surface area contributed by atoms with Gasteiger partial charge in [0.25, 0.3) is 0 Å². The third-order valence-electron chi connectivity index (χ3n) is 12.8. The Morgan fingerprint density at radius 2 is 0.559 bits per heavy atom. The van der Waals surface area contributed by atoms with Crippen molar-refractivity contribution in [2.24, 2.45) is 5.92 Å². The Kier molecular flexibility index (Phi) is 19.5. The summed E-state index contributed by atoms with van der Waals surface area (Å²) in [6.07, 6.45) is 1.24. The van der Waals surface area contributed by atoms with Crippen molar-refractivity contribution in [3.63, 3.8) is 0 Å². The lowest BCUT2D eigenvalue weighted by atomic mass is 10.1. The molecule has 0 aliphatic heterocycles. The topological polar surface area (TPSA) is 150 Å². The van der Waals surface area contributed by atoms with Gasteiger partial charge in [-0.05, 0) is 153 Å². The highest BCUT2D eigenvalue weighted by Crippen LogP contribution is 2.31. The van der Waals surface area contributed by atoms with Crippen LogP contribution in [0, 0.1) is 89.0 Å². The van der Waals surface area contributed by atoms with Gasteiger partial charge in [-0.2, -0.15) is 17.2 Å². The van der Waals surface area contributed by atoms with E-state index in [0.717, 1.165) is 28.7 Å². The van der Waals surface area contributed by atoms with Crippen LogP contribution in [0.4, 0.5) is 0 Å². The monoisotopic (exact) mass is 1010 g/mol. The van der Waals surface area contributed by atoms with Crippen molar-refractivity contribution in [2.45, 2.75) is 149 Å². The number of rotatable bonds is 24.